The van der Waals surface area contributed by atoms with E-state index in [4.69, 9.17) is 11.6 Å². The van der Waals surface area contributed by atoms with E-state index in [-0.39, 0.29) is 32.9 Å². The van der Waals surface area contributed by atoms with Crippen LogP contribution in [0.3, 0.4) is 0 Å². The lowest BCUT2D eigenvalue weighted by Crippen LogP contribution is -2.37. The Morgan fingerprint density at radius 2 is 1.96 bits per heavy atom. The Morgan fingerprint density at radius 3 is 2.60 bits per heavy atom. The van der Waals surface area contributed by atoms with Crippen molar-refractivity contribution in [3.8, 4) is 17.2 Å². The highest BCUT2D eigenvalue weighted by atomic mass is 79.9. The van der Waals surface area contributed by atoms with Crippen molar-refractivity contribution in [2.75, 3.05) is 0 Å². The summed E-state index contributed by atoms with van der Waals surface area (Å²) in [5.74, 6) is -0.551. The van der Waals surface area contributed by atoms with Gasteiger partial charge in [0.2, 0.25) is 0 Å². The fourth-order valence-electron chi connectivity index (χ4n) is 2.62. The molecule has 0 radical (unpaired) electrons. The normalized spacial score (nSPS) is 10.9. The molecule has 2 heterocycles. The number of halogens is 3. The van der Waals surface area contributed by atoms with Gasteiger partial charge in [0.1, 0.15) is 17.0 Å². The fraction of sp³-hybridized carbons (Fsp3) is 0.125. The van der Waals surface area contributed by atoms with Crippen molar-refractivity contribution >= 4 is 38.6 Å². The van der Waals surface area contributed by atoms with Crippen LogP contribution < -0.4 is 11.2 Å². The Hall–Kier alpha value is -2.50. The zero-order valence-corrected chi connectivity index (χ0v) is 15.3. The molecule has 0 atom stereocenters. The smallest absolute Gasteiger partial charge is 0.280 e. The van der Waals surface area contributed by atoms with E-state index < -0.39 is 17.1 Å². The summed E-state index contributed by atoms with van der Waals surface area (Å²) < 4.78 is 16.3. The fourth-order valence-corrected chi connectivity index (χ4v) is 3.28. The van der Waals surface area contributed by atoms with E-state index >= 15 is 0 Å². The van der Waals surface area contributed by atoms with Crippen LogP contribution in [0.2, 0.25) is 5.15 Å². The van der Waals surface area contributed by atoms with Gasteiger partial charge >= 0.3 is 5.69 Å². The van der Waals surface area contributed by atoms with Crippen molar-refractivity contribution in [3.63, 3.8) is 0 Å². The average Bonchev–Trinajstić information content (AvgIpc) is 2.59. The standard InChI is InChI=1S/C16H9BrClFN4O2/c1-22-14-12(15(24)23(2)16(22)25)11(9(6-20)13(18)21-14)8-5-7(19)3-4-10(8)17/h3-5H,1-2H3. The topological polar surface area (TPSA) is 80.7 Å². The lowest BCUT2D eigenvalue weighted by atomic mass is 9.98. The van der Waals surface area contributed by atoms with Crippen LogP contribution in [0.15, 0.2) is 32.3 Å². The Bertz CT molecular complexity index is 1210. The van der Waals surface area contributed by atoms with Gasteiger partial charge in [0, 0.05) is 29.7 Å². The van der Waals surface area contributed by atoms with Crippen molar-refractivity contribution in [1.82, 2.24) is 14.1 Å². The van der Waals surface area contributed by atoms with E-state index in [0.717, 1.165) is 9.13 Å². The van der Waals surface area contributed by atoms with Gasteiger partial charge in [-0.15, -0.1) is 0 Å². The van der Waals surface area contributed by atoms with Crippen LogP contribution >= 0.6 is 27.5 Å². The summed E-state index contributed by atoms with van der Waals surface area (Å²) in [5, 5.41) is 9.34. The van der Waals surface area contributed by atoms with E-state index in [9.17, 15) is 19.2 Å². The summed E-state index contributed by atoms with van der Waals surface area (Å²) in [6.07, 6.45) is 0. The molecule has 3 aromatic rings. The second-order valence-electron chi connectivity index (χ2n) is 5.29. The Labute approximate surface area is 153 Å². The molecule has 126 valence electrons. The monoisotopic (exact) mass is 422 g/mol. The first-order valence-electron chi connectivity index (χ1n) is 6.92. The number of aromatic nitrogens is 3. The minimum Gasteiger partial charge on any atom is -0.280 e. The van der Waals surface area contributed by atoms with Crippen molar-refractivity contribution in [3.05, 3.63) is 60.0 Å². The largest absolute Gasteiger partial charge is 0.332 e. The van der Waals surface area contributed by atoms with Crippen molar-refractivity contribution < 1.29 is 4.39 Å². The van der Waals surface area contributed by atoms with E-state index in [1.54, 1.807) is 0 Å². The molecule has 0 aliphatic rings. The molecule has 3 rings (SSSR count). The highest BCUT2D eigenvalue weighted by Gasteiger charge is 2.23. The number of hydrogen-bond donors (Lipinski definition) is 0. The average molecular weight is 424 g/mol. The lowest BCUT2D eigenvalue weighted by Gasteiger charge is -2.14. The van der Waals surface area contributed by atoms with Crippen molar-refractivity contribution in [2.45, 2.75) is 0 Å². The minimum atomic E-state index is -0.648. The lowest BCUT2D eigenvalue weighted by molar-refractivity contribution is 0.628. The van der Waals surface area contributed by atoms with E-state index in [2.05, 4.69) is 20.9 Å². The summed E-state index contributed by atoms with van der Waals surface area (Å²) in [7, 11) is 2.75. The molecule has 0 saturated carbocycles. The third-order valence-electron chi connectivity index (χ3n) is 3.85. The molecule has 0 saturated heterocycles. The Balaban J connectivity index is 2.71. The van der Waals surface area contributed by atoms with Crippen molar-refractivity contribution in [1.29, 1.82) is 5.26 Å². The van der Waals surface area contributed by atoms with Gasteiger partial charge in [0.05, 0.1) is 10.9 Å². The van der Waals surface area contributed by atoms with Crippen LogP contribution in [0.5, 0.6) is 0 Å². The van der Waals surface area contributed by atoms with Gasteiger partial charge in [-0.1, -0.05) is 27.5 Å². The van der Waals surface area contributed by atoms with Gasteiger partial charge < -0.3 is 0 Å². The molecule has 0 unspecified atom stereocenters. The van der Waals surface area contributed by atoms with Crippen LogP contribution in [0.25, 0.3) is 22.2 Å². The van der Waals surface area contributed by atoms with E-state index in [0.29, 0.717) is 4.47 Å². The summed E-state index contributed by atoms with van der Waals surface area (Å²) in [5.41, 5.74) is -0.902. The summed E-state index contributed by atoms with van der Waals surface area (Å²) in [6, 6.07) is 5.78. The molecule has 0 spiro atoms. The molecule has 6 nitrogen and oxygen atoms in total. The third-order valence-corrected chi connectivity index (χ3v) is 4.82. The number of nitrogens with zero attached hydrogens (tertiary/aromatic N) is 4. The number of fused-ring (bicyclic) bond motifs is 1. The van der Waals surface area contributed by atoms with Crippen LogP contribution in [-0.2, 0) is 14.1 Å². The molecule has 2 aromatic heterocycles. The molecule has 25 heavy (non-hydrogen) atoms. The molecule has 1 aromatic carbocycles. The molecular weight excluding hydrogens is 415 g/mol. The number of pyridine rings is 1. The molecule has 0 aliphatic heterocycles. The highest BCUT2D eigenvalue weighted by molar-refractivity contribution is 9.10. The molecule has 0 N–H and O–H groups in total. The molecular formula is C16H9BrClFN4O2. The number of hydrogen-bond acceptors (Lipinski definition) is 4. The summed E-state index contributed by atoms with van der Waals surface area (Å²) >= 11 is 9.40. The van der Waals surface area contributed by atoms with Gasteiger partial charge in [0.25, 0.3) is 5.56 Å². The maximum atomic E-state index is 13.8. The molecule has 0 aliphatic carbocycles. The molecule has 0 fully saturated rings. The maximum Gasteiger partial charge on any atom is 0.332 e. The first kappa shape index (κ1) is 17.3. The summed E-state index contributed by atoms with van der Waals surface area (Å²) in [6.45, 7) is 0. The van der Waals surface area contributed by atoms with Gasteiger partial charge in [-0.2, -0.15) is 5.26 Å². The number of rotatable bonds is 1. The first-order chi connectivity index (χ1) is 11.8. The Kier molecular flexibility index (Phi) is 4.22. The first-order valence-corrected chi connectivity index (χ1v) is 8.09. The predicted molar refractivity (Wildman–Crippen MR) is 95.0 cm³/mol. The van der Waals surface area contributed by atoms with Crippen LogP contribution in [0, 0.1) is 17.1 Å². The molecule has 9 heteroatoms. The summed E-state index contributed by atoms with van der Waals surface area (Å²) in [4.78, 5) is 28.9. The van der Waals surface area contributed by atoms with Gasteiger partial charge in [-0.25, -0.2) is 14.2 Å². The number of benzene rings is 1. The molecule has 0 amide bonds. The SMILES string of the molecule is Cn1c(=O)c2c(-c3cc(F)ccc3Br)c(C#N)c(Cl)nc2n(C)c1=O. The van der Waals surface area contributed by atoms with E-state index in [1.165, 1.54) is 32.3 Å². The molecule has 0 bridgehead atoms. The van der Waals surface area contributed by atoms with E-state index in [1.807, 2.05) is 6.07 Å². The third kappa shape index (κ3) is 2.56. The second kappa shape index (κ2) is 6.10. The quantitative estimate of drug-likeness (QED) is 0.564. The second-order valence-corrected chi connectivity index (χ2v) is 6.51. The van der Waals surface area contributed by atoms with Crippen LogP contribution in [-0.4, -0.2) is 14.1 Å². The van der Waals surface area contributed by atoms with Crippen LogP contribution in [0.4, 0.5) is 4.39 Å². The number of nitriles is 1. The highest BCUT2D eigenvalue weighted by Crippen LogP contribution is 2.37. The zero-order chi connectivity index (χ0) is 18.5. The van der Waals surface area contributed by atoms with Gasteiger partial charge in [0.15, 0.2) is 5.65 Å². The zero-order valence-electron chi connectivity index (χ0n) is 13.0. The number of aryl methyl sites for hydroxylation is 1. The van der Waals surface area contributed by atoms with Crippen molar-refractivity contribution in [2.24, 2.45) is 14.1 Å². The van der Waals surface area contributed by atoms with Gasteiger partial charge in [-0.3, -0.25) is 13.9 Å². The minimum absolute atomic E-state index is 0.0110. The Morgan fingerprint density at radius 1 is 1.28 bits per heavy atom. The predicted octanol–water partition coefficient (Wildman–Crippen LogP) is 2.73. The van der Waals surface area contributed by atoms with Crippen LogP contribution in [0.1, 0.15) is 5.56 Å². The maximum absolute atomic E-state index is 13.8. The van der Waals surface area contributed by atoms with Gasteiger partial charge in [-0.05, 0) is 18.2 Å².